The summed E-state index contributed by atoms with van der Waals surface area (Å²) in [4.78, 5) is 2.59. The number of hydrogen-bond acceptors (Lipinski definition) is 2. The van der Waals surface area contributed by atoms with E-state index in [9.17, 15) is 0 Å². The first-order valence-corrected chi connectivity index (χ1v) is 9.89. The van der Waals surface area contributed by atoms with Crippen molar-refractivity contribution >= 4 is 5.69 Å². The van der Waals surface area contributed by atoms with Gasteiger partial charge in [-0.1, -0.05) is 63.6 Å². The van der Waals surface area contributed by atoms with Gasteiger partial charge in [-0.05, 0) is 53.0 Å². The average Bonchev–Trinajstić information content (AvgIpc) is 2.60. The molecule has 2 aromatic carbocycles. The fourth-order valence-electron chi connectivity index (χ4n) is 3.90. The lowest BCUT2D eigenvalue weighted by atomic mass is 9.77. The Kier molecular flexibility index (Phi) is 5.43. The Morgan fingerprint density at radius 1 is 1.08 bits per heavy atom. The van der Waals surface area contributed by atoms with Gasteiger partial charge in [0.25, 0.3) is 0 Å². The first-order chi connectivity index (χ1) is 12.3. The predicted octanol–water partition coefficient (Wildman–Crippen LogP) is 5.74. The minimum absolute atomic E-state index is 0.256. The highest BCUT2D eigenvalue weighted by Gasteiger charge is 2.24. The summed E-state index contributed by atoms with van der Waals surface area (Å²) in [6.45, 7) is 14.8. The molecule has 0 saturated carbocycles. The van der Waals surface area contributed by atoms with Gasteiger partial charge in [0.15, 0.2) is 0 Å². The number of rotatable bonds is 4. The van der Waals surface area contributed by atoms with Gasteiger partial charge in [-0.2, -0.15) is 0 Å². The number of hydrogen-bond donors (Lipinski definition) is 1. The minimum Gasteiger partial charge on any atom is -0.388 e. The normalized spacial score (nSPS) is 16.2. The van der Waals surface area contributed by atoms with Crippen LogP contribution in [0.1, 0.15) is 61.4 Å². The van der Waals surface area contributed by atoms with Crippen molar-refractivity contribution in [2.75, 3.05) is 18.9 Å². The molecule has 3 rings (SSSR count). The standard InChI is InChI=1S/C24H34N2/c1-17-7-9-20-11-12-26(16-21(20)13-17)15-19-8-10-23(25-6)22(14-19)18(2)24(3,4)5/h7-10,13-14,18,25H,11-12,15-16H2,1-6H3. The van der Waals surface area contributed by atoms with Crippen LogP contribution in [0, 0.1) is 12.3 Å². The maximum Gasteiger partial charge on any atom is 0.0373 e. The second-order valence-corrected chi connectivity index (χ2v) is 8.99. The van der Waals surface area contributed by atoms with Gasteiger partial charge < -0.3 is 5.32 Å². The van der Waals surface area contributed by atoms with Crippen LogP contribution in [0.3, 0.4) is 0 Å². The summed E-state index contributed by atoms with van der Waals surface area (Å²) in [5, 5.41) is 3.39. The van der Waals surface area contributed by atoms with Gasteiger partial charge in [-0.25, -0.2) is 0 Å². The zero-order chi connectivity index (χ0) is 18.9. The SMILES string of the molecule is CNc1ccc(CN2CCc3ccc(C)cc3C2)cc1C(C)C(C)(C)C. The van der Waals surface area contributed by atoms with Crippen molar-refractivity contribution in [1.82, 2.24) is 4.90 Å². The lowest BCUT2D eigenvalue weighted by Gasteiger charge is -2.31. The molecule has 0 spiro atoms. The van der Waals surface area contributed by atoms with Crippen molar-refractivity contribution in [2.24, 2.45) is 5.41 Å². The highest BCUT2D eigenvalue weighted by molar-refractivity contribution is 5.54. The minimum atomic E-state index is 0.256. The number of benzene rings is 2. The molecule has 140 valence electrons. The van der Waals surface area contributed by atoms with Crippen LogP contribution in [0.2, 0.25) is 0 Å². The second kappa shape index (κ2) is 7.44. The van der Waals surface area contributed by atoms with Crippen molar-refractivity contribution in [1.29, 1.82) is 0 Å². The van der Waals surface area contributed by atoms with E-state index in [1.807, 2.05) is 7.05 Å². The van der Waals surface area contributed by atoms with Gasteiger partial charge >= 0.3 is 0 Å². The van der Waals surface area contributed by atoms with Gasteiger partial charge in [0.1, 0.15) is 0 Å². The van der Waals surface area contributed by atoms with Crippen molar-refractivity contribution in [2.45, 2.75) is 60.0 Å². The molecule has 1 aliphatic rings. The van der Waals surface area contributed by atoms with E-state index in [1.165, 1.54) is 33.5 Å². The fourth-order valence-corrected chi connectivity index (χ4v) is 3.90. The Morgan fingerprint density at radius 2 is 1.85 bits per heavy atom. The maximum absolute atomic E-state index is 3.39. The Hall–Kier alpha value is -1.80. The zero-order valence-corrected chi connectivity index (χ0v) is 17.3. The predicted molar refractivity (Wildman–Crippen MR) is 113 cm³/mol. The Labute approximate surface area is 159 Å². The maximum atomic E-state index is 3.39. The smallest absolute Gasteiger partial charge is 0.0373 e. The number of nitrogens with one attached hydrogen (secondary N) is 1. The van der Waals surface area contributed by atoms with Gasteiger partial charge in [0.2, 0.25) is 0 Å². The van der Waals surface area contributed by atoms with Crippen molar-refractivity contribution in [3.05, 3.63) is 64.2 Å². The third-order valence-electron chi connectivity index (χ3n) is 6.01. The van der Waals surface area contributed by atoms with Crippen LogP contribution in [-0.4, -0.2) is 18.5 Å². The Balaban J connectivity index is 1.80. The van der Waals surface area contributed by atoms with E-state index in [4.69, 9.17) is 0 Å². The first-order valence-electron chi connectivity index (χ1n) is 9.89. The Morgan fingerprint density at radius 3 is 2.54 bits per heavy atom. The molecule has 1 aliphatic heterocycles. The van der Waals surface area contributed by atoms with Crippen molar-refractivity contribution < 1.29 is 0 Å². The number of aryl methyl sites for hydroxylation is 1. The molecule has 1 atom stereocenters. The van der Waals surface area contributed by atoms with E-state index in [0.29, 0.717) is 5.92 Å². The van der Waals surface area contributed by atoms with Gasteiger partial charge in [0.05, 0.1) is 0 Å². The summed E-state index contributed by atoms with van der Waals surface area (Å²) < 4.78 is 0. The summed E-state index contributed by atoms with van der Waals surface area (Å²) >= 11 is 0. The van der Waals surface area contributed by atoms with Crippen LogP contribution in [0.25, 0.3) is 0 Å². The average molecular weight is 351 g/mol. The molecule has 0 bridgehead atoms. The molecule has 0 saturated heterocycles. The third kappa shape index (κ3) is 4.12. The molecule has 0 fully saturated rings. The Bertz CT molecular complexity index is 770. The largest absolute Gasteiger partial charge is 0.388 e. The molecular formula is C24H34N2. The van der Waals surface area contributed by atoms with Crippen LogP contribution in [0.5, 0.6) is 0 Å². The number of fused-ring (bicyclic) bond motifs is 1. The third-order valence-corrected chi connectivity index (χ3v) is 6.01. The summed E-state index contributed by atoms with van der Waals surface area (Å²) in [6, 6.07) is 13.9. The van der Waals surface area contributed by atoms with E-state index in [1.54, 1.807) is 0 Å². The monoisotopic (exact) mass is 350 g/mol. The van der Waals surface area contributed by atoms with E-state index >= 15 is 0 Å². The topological polar surface area (TPSA) is 15.3 Å². The number of nitrogens with zero attached hydrogens (tertiary/aromatic N) is 1. The summed E-state index contributed by atoms with van der Waals surface area (Å²) in [6.07, 6.45) is 1.16. The lowest BCUT2D eigenvalue weighted by molar-refractivity contribution is 0.245. The molecule has 0 radical (unpaired) electrons. The zero-order valence-electron chi connectivity index (χ0n) is 17.3. The first kappa shape index (κ1) is 19.0. The summed E-state index contributed by atoms with van der Waals surface area (Å²) in [5.41, 5.74) is 8.77. The molecule has 1 heterocycles. The van der Waals surface area contributed by atoms with Crippen molar-refractivity contribution in [3.8, 4) is 0 Å². The molecular weight excluding hydrogens is 316 g/mol. The highest BCUT2D eigenvalue weighted by Crippen LogP contribution is 2.38. The summed E-state index contributed by atoms with van der Waals surface area (Å²) in [5.74, 6) is 0.509. The highest BCUT2D eigenvalue weighted by atomic mass is 15.1. The van der Waals surface area contributed by atoms with Crippen LogP contribution < -0.4 is 5.32 Å². The summed E-state index contributed by atoms with van der Waals surface area (Å²) in [7, 11) is 2.03. The van der Waals surface area contributed by atoms with Crippen LogP contribution in [0.4, 0.5) is 5.69 Å². The molecule has 0 aromatic heterocycles. The molecule has 1 unspecified atom stereocenters. The van der Waals surface area contributed by atoms with Gasteiger partial charge in [-0.3, -0.25) is 4.90 Å². The van der Waals surface area contributed by atoms with Crippen molar-refractivity contribution in [3.63, 3.8) is 0 Å². The lowest BCUT2D eigenvalue weighted by Crippen LogP contribution is -2.30. The molecule has 2 nitrogen and oxygen atoms in total. The second-order valence-electron chi connectivity index (χ2n) is 8.99. The van der Waals surface area contributed by atoms with Crippen LogP contribution >= 0.6 is 0 Å². The molecule has 26 heavy (non-hydrogen) atoms. The van der Waals surface area contributed by atoms with Gasteiger partial charge in [0, 0.05) is 32.4 Å². The molecule has 0 amide bonds. The fraction of sp³-hybridized carbons (Fsp3) is 0.500. The molecule has 2 aromatic rings. The molecule has 0 aliphatic carbocycles. The van der Waals surface area contributed by atoms with Gasteiger partial charge in [-0.15, -0.1) is 0 Å². The molecule has 2 heteroatoms. The number of anilines is 1. The molecule has 1 N–H and O–H groups in total. The quantitative estimate of drug-likeness (QED) is 0.756. The van der Waals surface area contributed by atoms with Crippen LogP contribution in [-0.2, 0) is 19.5 Å². The van der Waals surface area contributed by atoms with E-state index in [0.717, 1.165) is 26.1 Å². The van der Waals surface area contributed by atoms with Crippen LogP contribution in [0.15, 0.2) is 36.4 Å². The van der Waals surface area contributed by atoms with E-state index in [-0.39, 0.29) is 5.41 Å². The van der Waals surface area contributed by atoms with E-state index < -0.39 is 0 Å². The van der Waals surface area contributed by atoms with E-state index in [2.05, 4.69) is 81.2 Å².